The van der Waals surface area contributed by atoms with E-state index in [1.807, 2.05) is 20.8 Å². The van der Waals surface area contributed by atoms with E-state index in [-0.39, 0.29) is 52.5 Å². The summed E-state index contributed by atoms with van der Waals surface area (Å²) in [5, 5.41) is 9.92. The maximum Gasteiger partial charge on any atom is 0.262 e. The number of ether oxygens (including phenoxy) is 1. The number of sulfonamides is 1. The van der Waals surface area contributed by atoms with Crippen molar-refractivity contribution >= 4 is 21.6 Å². The van der Waals surface area contributed by atoms with Crippen LogP contribution in [0.25, 0.3) is 0 Å². The summed E-state index contributed by atoms with van der Waals surface area (Å²) < 4.78 is 35.9. The number of carbonyl (C=O) groups is 1. The number of hydrogen-bond donors (Lipinski definition) is 2. The van der Waals surface area contributed by atoms with Gasteiger partial charge in [-0.25, -0.2) is 8.42 Å². The van der Waals surface area contributed by atoms with Crippen molar-refractivity contribution in [1.82, 2.24) is 9.80 Å². The first-order chi connectivity index (χ1) is 18.6. The van der Waals surface area contributed by atoms with Crippen molar-refractivity contribution in [2.24, 2.45) is 11.8 Å². The van der Waals surface area contributed by atoms with E-state index in [2.05, 4.69) is 16.7 Å². The van der Waals surface area contributed by atoms with E-state index in [4.69, 9.17) is 4.74 Å². The number of para-hydroxylation sites is 1. The lowest BCUT2D eigenvalue weighted by Gasteiger charge is -2.39. The lowest BCUT2D eigenvalue weighted by atomic mass is 9.89. The molecule has 2 N–H and O–H groups in total. The Morgan fingerprint density at radius 1 is 1.10 bits per heavy atom. The quantitative estimate of drug-likeness (QED) is 0.470. The van der Waals surface area contributed by atoms with Crippen molar-refractivity contribution in [3.8, 4) is 5.75 Å². The van der Waals surface area contributed by atoms with Crippen molar-refractivity contribution in [3.05, 3.63) is 53.6 Å². The number of aryl methyl sites for hydroxylation is 1. The van der Waals surface area contributed by atoms with Gasteiger partial charge in [-0.3, -0.25) is 9.52 Å². The average Bonchev–Trinajstić information content (AvgIpc) is 2.91. The van der Waals surface area contributed by atoms with Crippen LogP contribution in [0.5, 0.6) is 5.75 Å². The fourth-order valence-electron chi connectivity index (χ4n) is 5.65. The highest BCUT2D eigenvalue weighted by molar-refractivity contribution is 7.92. The van der Waals surface area contributed by atoms with Crippen LogP contribution in [0.4, 0.5) is 5.69 Å². The summed E-state index contributed by atoms with van der Waals surface area (Å²) in [6.07, 6.45) is 6.08. The number of fused-ring (bicyclic) bond motifs is 1. The number of aliphatic hydroxyl groups excluding tert-OH is 1. The lowest BCUT2D eigenvalue weighted by molar-refractivity contribution is 0.0333. The van der Waals surface area contributed by atoms with E-state index in [1.165, 1.54) is 32.1 Å². The number of hydrogen-bond acceptors (Lipinski definition) is 6. The number of rotatable bonds is 9. The zero-order chi connectivity index (χ0) is 28.2. The van der Waals surface area contributed by atoms with Gasteiger partial charge in [0.05, 0.1) is 28.8 Å². The molecule has 3 atom stereocenters. The maximum atomic E-state index is 13.7. The molecular formula is C30H43N3O5S. The van der Waals surface area contributed by atoms with Gasteiger partial charge in [0.2, 0.25) is 0 Å². The normalized spacial score (nSPS) is 21.6. The zero-order valence-electron chi connectivity index (χ0n) is 23.6. The van der Waals surface area contributed by atoms with Crippen molar-refractivity contribution in [2.75, 3.05) is 38.0 Å². The fourth-order valence-corrected chi connectivity index (χ4v) is 6.72. The zero-order valence-corrected chi connectivity index (χ0v) is 24.4. The summed E-state index contributed by atoms with van der Waals surface area (Å²) in [5.74, 6) is 0.565. The molecule has 0 aromatic heterocycles. The first kappa shape index (κ1) is 29.4. The molecule has 9 heteroatoms. The number of carbonyl (C=O) groups excluding carboxylic acids is 1. The van der Waals surface area contributed by atoms with Gasteiger partial charge in [0.1, 0.15) is 6.10 Å². The largest absolute Gasteiger partial charge is 0.486 e. The third-order valence-corrected chi connectivity index (χ3v) is 9.43. The minimum atomic E-state index is -3.92. The second-order valence-corrected chi connectivity index (χ2v) is 13.1. The van der Waals surface area contributed by atoms with E-state index >= 15 is 0 Å². The Labute approximate surface area is 233 Å². The predicted molar refractivity (Wildman–Crippen MR) is 154 cm³/mol. The van der Waals surface area contributed by atoms with E-state index in [0.717, 1.165) is 12.1 Å². The number of nitrogens with zero attached hydrogens (tertiary/aromatic N) is 2. The molecule has 2 aromatic rings. The number of nitrogens with one attached hydrogen (secondary N) is 1. The van der Waals surface area contributed by atoms with Gasteiger partial charge in [-0.05, 0) is 63.9 Å². The molecule has 1 amide bonds. The van der Waals surface area contributed by atoms with Gasteiger partial charge in [-0.2, -0.15) is 0 Å². The summed E-state index contributed by atoms with van der Waals surface area (Å²) >= 11 is 0. The molecule has 0 radical (unpaired) electrons. The van der Waals surface area contributed by atoms with E-state index in [0.29, 0.717) is 19.0 Å². The third-order valence-electron chi connectivity index (χ3n) is 8.05. The van der Waals surface area contributed by atoms with E-state index < -0.39 is 10.0 Å². The molecular weight excluding hydrogens is 514 g/mol. The number of aliphatic hydroxyl groups is 1. The summed E-state index contributed by atoms with van der Waals surface area (Å²) in [5.41, 5.74) is 1.47. The molecule has 1 aliphatic carbocycles. The van der Waals surface area contributed by atoms with Crippen LogP contribution in [-0.4, -0.2) is 74.7 Å². The van der Waals surface area contributed by atoms with E-state index in [9.17, 15) is 18.3 Å². The summed E-state index contributed by atoms with van der Waals surface area (Å²) in [6, 6.07) is 11.2. The number of benzene rings is 2. The molecule has 1 aliphatic heterocycles. The summed E-state index contributed by atoms with van der Waals surface area (Å²) in [7, 11) is -1.81. The van der Waals surface area contributed by atoms with Crippen LogP contribution in [0.15, 0.2) is 47.4 Å². The SMILES string of the molecule is Cc1ccc(S(=O)(=O)Nc2cccc3c2O[C@H](CN(C)CC2CCCCC2)[C@@H](C)CN([C@@H](C)CO)C3=O)cc1. The van der Waals surface area contributed by atoms with Gasteiger partial charge in [0.25, 0.3) is 15.9 Å². The Bertz CT molecular complexity index is 1230. The summed E-state index contributed by atoms with van der Waals surface area (Å²) in [6.45, 7) is 7.66. The third kappa shape index (κ3) is 7.13. The number of likely N-dealkylation sites (N-methyl/N-ethyl adjacent to an activating group) is 1. The molecule has 1 heterocycles. The summed E-state index contributed by atoms with van der Waals surface area (Å²) in [4.78, 5) is 17.8. The molecule has 1 fully saturated rings. The van der Waals surface area contributed by atoms with Crippen molar-refractivity contribution < 1.29 is 23.1 Å². The average molecular weight is 558 g/mol. The highest BCUT2D eigenvalue weighted by atomic mass is 32.2. The molecule has 2 aliphatic rings. The lowest BCUT2D eigenvalue weighted by Crippen LogP contribution is -2.50. The molecule has 214 valence electrons. The first-order valence-electron chi connectivity index (χ1n) is 14.1. The fraction of sp³-hybridized carbons (Fsp3) is 0.567. The molecule has 0 saturated heterocycles. The van der Waals surface area contributed by atoms with Gasteiger partial charge in [-0.15, -0.1) is 0 Å². The highest BCUT2D eigenvalue weighted by Gasteiger charge is 2.35. The van der Waals surface area contributed by atoms with Gasteiger partial charge in [0, 0.05) is 25.6 Å². The second-order valence-electron chi connectivity index (χ2n) is 11.4. The molecule has 0 spiro atoms. The van der Waals surface area contributed by atoms with Crippen molar-refractivity contribution in [1.29, 1.82) is 0 Å². The highest BCUT2D eigenvalue weighted by Crippen LogP contribution is 2.36. The number of amides is 1. The monoisotopic (exact) mass is 557 g/mol. The molecule has 0 bridgehead atoms. The van der Waals surface area contributed by atoms with Gasteiger partial charge in [0.15, 0.2) is 5.75 Å². The van der Waals surface area contributed by atoms with Crippen LogP contribution in [0.3, 0.4) is 0 Å². The first-order valence-corrected chi connectivity index (χ1v) is 15.6. The Morgan fingerprint density at radius 2 is 1.79 bits per heavy atom. The standard InChI is InChI=1S/C30H43N3O5S/c1-21-13-15-25(16-14-21)39(36,37)31-27-12-8-11-26-29(27)38-28(19-32(4)18-24-9-6-5-7-10-24)22(2)17-33(30(26)35)23(3)20-34/h8,11-16,22-24,28,31,34H,5-7,9-10,17-20H2,1-4H3/t22-,23-,28+/m0/s1. The Morgan fingerprint density at radius 3 is 2.46 bits per heavy atom. The molecule has 0 unspecified atom stereocenters. The predicted octanol–water partition coefficient (Wildman–Crippen LogP) is 4.53. The Kier molecular flexibility index (Phi) is 9.56. The van der Waals surface area contributed by atoms with Crippen LogP contribution in [0.2, 0.25) is 0 Å². The second kappa shape index (κ2) is 12.7. The Hall–Kier alpha value is -2.62. The molecule has 4 rings (SSSR count). The van der Waals surface area contributed by atoms with Crippen molar-refractivity contribution in [2.45, 2.75) is 69.9 Å². The molecule has 8 nitrogen and oxygen atoms in total. The van der Waals surface area contributed by atoms with Crippen LogP contribution in [-0.2, 0) is 10.0 Å². The minimum absolute atomic E-state index is 0.0494. The molecule has 2 aromatic carbocycles. The van der Waals surface area contributed by atoms with Gasteiger partial charge < -0.3 is 19.6 Å². The Balaban J connectivity index is 1.68. The van der Waals surface area contributed by atoms with Crippen LogP contribution in [0.1, 0.15) is 61.9 Å². The molecule has 1 saturated carbocycles. The molecule has 39 heavy (non-hydrogen) atoms. The van der Waals surface area contributed by atoms with Gasteiger partial charge in [-0.1, -0.05) is 49.9 Å². The van der Waals surface area contributed by atoms with Gasteiger partial charge >= 0.3 is 0 Å². The smallest absolute Gasteiger partial charge is 0.262 e. The minimum Gasteiger partial charge on any atom is -0.486 e. The van der Waals surface area contributed by atoms with Crippen LogP contribution in [0, 0.1) is 18.8 Å². The maximum absolute atomic E-state index is 13.7. The number of anilines is 1. The van der Waals surface area contributed by atoms with Crippen molar-refractivity contribution in [3.63, 3.8) is 0 Å². The van der Waals surface area contributed by atoms with Crippen LogP contribution >= 0.6 is 0 Å². The van der Waals surface area contributed by atoms with E-state index in [1.54, 1.807) is 47.4 Å². The topological polar surface area (TPSA) is 99.2 Å². The van der Waals surface area contributed by atoms with Crippen LogP contribution < -0.4 is 9.46 Å².